The summed E-state index contributed by atoms with van der Waals surface area (Å²) >= 11 is 1.86. The molecule has 0 spiro atoms. The molecule has 0 saturated heterocycles. The van der Waals surface area contributed by atoms with Gasteiger partial charge in [-0.15, -0.1) is 35.3 Å². The number of carbonyl (C=O) groups excluding carboxylic acids is 1. The second-order valence-corrected chi connectivity index (χ2v) is 17.5. The molecule has 7 rings (SSSR count). The van der Waals surface area contributed by atoms with E-state index in [0.717, 1.165) is 42.3 Å². The topological polar surface area (TPSA) is 50.2 Å². The van der Waals surface area contributed by atoms with Crippen LogP contribution in [0.2, 0.25) is 0 Å². The number of aliphatic hydroxyl groups excluding tert-OH is 1. The number of hydrogen-bond acceptors (Lipinski definition) is 4. The SMILES string of the molecule is CC(C)(C)c1cc(C(C)(C)C)c2ccc3c4ccnc5c4c(cc3c2c1)Sc1cc2ccccc2[c-]c1-5.CCC(CC)C(=O)/C=C(\O)C(CC)CC.[Ir]. The second-order valence-electron chi connectivity index (χ2n) is 16.4. The van der Waals surface area contributed by atoms with Crippen LogP contribution in [0.15, 0.2) is 94.6 Å². The van der Waals surface area contributed by atoms with E-state index in [1.807, 2.05) is 45.7 Å². The number of carbonyl (C=O) groups is 1. The monoisotopic (exact) mass is 901 g/mol. The fraction of sp³-hybridized carbons (Fsp3) is 0.375. The average molecular weight is 901 g/mol. The number of hydrogen-bond donors (Lipinski definition) is 1. The minimum Gasteiger partial charge on any atom is -0.512 e. The van der Waals surface area contributed by atoms with Crippen molar-refractivity contribution < 1.29 is 30.0 Å². The molecule has 0 atom stereocenters. The maximum Gasteiger partial charge on any atom is 0.162 e. The molecule has 2 heterocycles. The molecule has 5 heteroatoms. The molecule has 0 fully saturated rings. The quantitative estimate of drug-likeness (QED) is 0.0749. The van der Waals surface area contributed by atoms with E-state index in [2.05, 4.69) is 114 Å². The molecule has 1 aliphatic rings. The van der Waals surface area contributed by atoms with E-state index in [1.165, 1.54) is 64.7 Å². The molecule has 53 heavy (non-hydrogen) atoms. The molecular weight excluding hydrogens is 847 g/mol. The molecule has 5 aromatic carbocycles. The van der Waals surface area contributed by atoms with Gasteiger partial charge in [0.25, 0.3) is 0 Å². The maximum absolute atomic E-state index is 11.7. The van der Waals surface area contributed by atoms with Crippen molar-refractivity contribution in [2.75, 3.05) is 0 Å². The Morgan fingerprint density at radius 2 is 1.40 bits per heavy atom. The van der Waals surface area contributed by atoms with Gasteiger partial charge in [-0.05, 0) is 103 Å². The Kier molecular flexibility index (Phi) is 12.3. The predicted molar refractivity (Wildman–Crippen MR) is 224 cm³/mol. The number of fused-ring (bicyclic) bond motifs is 7. The Bertz CT molecular complexity index is 2340. The standard InChI is InChI=1S/C35H30NS.C13H24O2.Ir/c1-34(2,3)22-17-26-24(29(18-22)35(4,5)6)12-11-23-25-13-14-36-33-28-15-20-9-7-8-10-21(20)16-30(28)37-31(32(25)33)19-27(23)26;1-5-10(6-2)12(14)9-13(15)11(7-3)8-4;/h7-14,16-19H,1-6H3;9-11,14H,5-8H2,1-4H3;/q-1;;/b;12-9-;. The number of ketones is 1. The van der Waals surface area contributed by atoms with Crippen LogP contribution in [-0.4, -0.2) is 15.9 Å². The average Bonchev–Trinajstić information content (AvgIpc) is 3.11. The number of aliphatic hydroxyl groups is 1. The summed E-state index contributed by atoms with van der Waals surface area (Å²) in [4.78, 5) is 19.1. The number of allylic oxidation sites excluding steroid dienone is 2. The number of aromatic nitrogens is 1. The third kappa shape index (κ3) is 8.00. The molecule has 3 nitrogen and oxygen atoms in total. The zero-order valence-electron chi connectivity index (χ0n) is 33.0. The second kappa shape index (κ2) is 16.1. The van der Waals surface area contributed by atoms with Gasteiger partial charge in [-0.3, -0.25) is 9.78 Å². The van der Waals surface area contributed by atoms with Crippen LogP contribution in [-0.2, 0) is 35.7 Å². The predicted octanol–water partition coefficient (Wildman–Crippen LogP) is 14.1. The van der Waals surface area contributed by atoms with Crippen molar-refractivity contribution in [3.05, 3.63) is 102 Å². The van der Waals surface area contributed by atoms with Gasteiger partial charge in [0.15, 0.2) is 5.78 Å². The summed E-state index contributed by atoms with van der Waals surface area (Å²) in [7, 11) is 0. The first-order chi connectivity index (χ1) is 24.7. The van der Waals surface area contributed by atoms with Gasteiger partial charge >= 0.3 is 0 Å². The van der Waals surface area contributed by atoms with E-state index >= 15 is 0 Å². The van der Waals surface area contributed by atoms with Gasteiger partial charge in [0, 0.05) is 54.8 Å². The van der Waals surface area contributed by atoms with Crippen molar-refractivity contribution in [3.63, 3.8) is 0 Å². The van der Waals surface area contributed by atoms with Gasteiger partial charge in [0.1, 0.15) is 0 Å². The molecule has 1 aromatic heterocycles. The van der Waals surface area contributed by atoms with E-state index < -0.39 is 0 Å². The Labute approximate surface area is 334 Å². The van der Waals surface area contributed by atoms with E-state index in [9.17, 15) is 9.90 Å². The first-order valence-corrected chi connectivity index (χ1v) is 19.9. The minimum absolute atomic E-state index is 0. The van der Waals surface area contributed by atoms with Crippen molar-refractivity contribution in [2.45, 2.75) is 116 Å². The molecule has 1 N–H and O–H groups in total. The fourth-order valence-corrected chi connectivity index (χ4v) is 8.77. The van der Waals surface area contributed by atoms with E-state index in [4.69, 9.17) is 4.98 Å². The zero-order chi connectivity index (χ0) is 37.5. The van der Waals surface area contributed by atoms with Crippen molar-refractivity contribution >= 4 is 60.6 Å². The minimum atomic E-state index is 0. The Hall–Kier alpha value is -3.50. The number of rotatable bonds is 7. The van der Waals surface area contributed by atoms with Gasteiger partial charge in [-0.2, -0.15) is 0 Å². The summed E-state index contributed by atoms with van der Waals surface area (Å²) in [6.45, 7) is 22.0. The third-order valence-corrected chi connectivity index (χ3v) is 12.0. The first-order valence-electron chi connectivity index (χ1n) is 19.1. The van der Waals surface area contributed by atoms with Gasteiger partial charge in [0.2, 0.25) is 0 Å². The van der Waals surface area contributed by atoms with Gasteiger partial charge < -0.3 is 5.11 Å². The number of benzene rings is 5. The summed E-state index contributed by atoms with van der Waals surface area (Å²) < 4.78 is 0. The Morgan fingerprint density at radius 1 is 0.755 bits per heavy atom. The molecule has 1 radical (unpaired) electrons. The Balaban J connectivity index is 0.000000290. The molecule has 0 aliphatic carbocycles. The van der Waals surface area contributed by atoms with Crippen molar-refractivity contribution in [3.8, 4) is 11.3 Å². The number of nitrogens with zero attached hydrogens (tertiary/aromatic N) is 1. The molecule has 0 unspecified atom stereocenters. The van der Waals surface area contributed by atoms with Crippen molar-refractivity contribution in [1.29, 1.82) is 0 Å². The number of pyridine rings is 1. The smallest absolute Gasteiger partial charge is 0.162 e. The Morgan fingerprint density at radius 3 is 2.04 bits per heavy atom. The van der Waals surface area contributed by atoms with Crippen LogP contribution in [0.5, 0.6) is 0 Å². The molecule has 1 aliphatic heterocycles. The maximum atomic E-state index is 11.7. The summed E-state index contributed by atoms with van der Waals surface area (Å²) in [6.07, 6.45) is 6.88. The van der Waals surface area contributed by atoms with Crippen LogP contribution in [0, 0.1) is 17.9 Å². The van der Waals surface area contributed by atoms with E-state index in [-0.39, 0.29) is 54.3 Å². The van der Waals surface area contributed by atoms with Crippen LogP contribution >= 0.6 is 11.8 Å². The summed E-state index contributed by atoms with van der Waals surface area (Å²) in [5, 5.41) is 20.0. The van der Waals surface area contributed by atoms with Gasteiger partial charge in [-0.1, -0.05) is 117 Å². The molecule has 6 aromatic rings. The molecule has 0 amide bonds. The van der Waals surface area contributed by atoms with Crippen LogP contribution in [0.3, 0.4) is 0 Å². The van der Waals surface area contributed by atoms with Crippen LogP contribution in [0.1, 0.15) is 106 Å². The molecule has 0 bridgehead atoms. The normalized spacial score (nSPS) is 13.0. The summed E-state index contributed by atoms with van der Waals surface area (Å²) in [6, 6.07) is 28.7. The first kappa shape index (κ1) is 40.7. The van der Waals surface area contributed by atoms with Crippen molar-refractivity contribution in [2.24, 2.45) is 11.8 Å². The van der Waals surface area contributed by atoms with Crippen molar-refractivity contribution in [1.82, 2.24) is 4.98 Å². The van der Waals surface area contributed by atoms with Crippen LogP contribution in [0.4, 0.5) is 0 Å². The van der Waals surface area contributed by atoms with E-state index in [0.29, 0.717) is 0 Å². The molecule has 279 valence electrons. The zero-order valence-corrected chi connectivity index (χ0v) is 36.2. The molecular formula is C48H54IrNO2S-. The van der Waals surface area contributed by atoms with E-state index in [1.54, 1.807) is 0 Å². The molecule has 0 saturated carbocycles. The van der Waals surface area contributed by atoms with Crippen LogP contribution < -0.4 is 0 Å². The fourth-order valence-electron chi connectivity index (χ4n) is 7.61. The largest absolute Gasteiger partial charge is 0.512 e. The van der Waals surface area contributed by atoms with Gasteiger partial charge in [-0.25, -0.2) is 0 Å². The third-order valence-electron chi connectivity index (χ3n) is 10.9. The summed E-state index contributed by atoms with van der Waals surface area (Å²) in [5.41, 5.74) is 5.10. The summed E-state index contributed by atoms with van der Waals surface area (Å²) in [5.74, 6) is 0.547. The van der Waals surface area contributed by atoms with Crippen LogP contribution in [0.25, 0.3) is 54.3 Å². The van der Waals surface area contributed by atoms with Gasteiger partial charge in [0.05, 0.1) is 5.76 Å².